The number of nitrogens with one attached hydrogen (secondary N) is 2. The minimum absolute atomic E-state index is 0.212. The van der Waals surface area contributed by atoms with Gasteiger partial charge in [-0.1, -0.05) is 25.1 Å². The van der Waals surface area contributed by atoms with Crippen molar-refractivity contribution in [2.75, 3.05) is 19.3 Å². The van der Waals surface area contributed by atoms with Gasteiger partial charge in [0.2, 0.25) is 0 Å². The Kier molecular flexibility index (Phi) is 7.68. The minimum Gasteiger partial charge on any atom is -0.478 e. The molecule has 0 aliphatic carbocycles. The molecule has 0 aliphatic rings. The van der Waals surface area contributed by atoms with E-state index in [0.29, 0.717) is 24.8 Å². The highest BCUT2D eigenvalue weighted by Gasteiger charge is 2.09. The van der Waals surface area contributed by atoms with Crippen molar-refractivity contribution < 1.29 is 14.7 Å². The van der Waals surface area contributed by atoms with E-state index in [4.69, 9.17) is 5.11 Å². The van der Waals surface area contributed by atoms with Gasteiger partial charge in [-0.3, -0.25) is 0 Å². The van der Waals surface area contributed by atoms with Crippen molar-refractivity contribution in [3.05, 3.63) is 35.4 Å². The molecule has 1 aromatic carbocycles. The summed E-state index contributed by atoms with van der Waals surface area (Å²) in [6.07, 6.45) is 3.47. The number of urea groups is 1. The predicted molar refractivity (Wildman–Crippen MR) is 86.1 cm³/mol. The van der Waals surface area contributed by atoms with Gasteiger partial charge in [-0.05, 0) is 30.7 Å². The maximum Gasteiger partial charge on any atom is 0.335 e. The third-order valence-electron chi connectivity index (χ3n) is 3.17. The van der Waals surface area contributed by atoms with Crippen LogP contribution in [0.15, 0.2) is 24.3 Å². The van der Waals surface area contributed by atoms with Gasteiger partial charge in [-0.15, -0.1) is 0 Å². The van der Waals surface area contributed by atoms with Gasteiger partial charge in [0, 0.05) is 18.3 Å². The summed E-state index contributed by atoms with van der Waals surface area (Å²) in [5, 5.41) is 15.1. The van der Waals surface area contributed by atoms with E-state index in [0.717, 1.165) is 12.0 Å². The first-order valence-electron chi connectivity index (χ1n) is 6.90. The average molecular weight is 310 g/mol. The molecule has 0 aliphatic heterocycles. The number of carbonyl (C=O) groups excluding carboxylic acids is 1. The molecular weight excluding hydrogens is 288 g/mol. The quantitative estimate of drug-likeness (QED) is 0.689. The number of carbonyl (C=O) groups is 2. The molecule has 3 N–H and O–H groups in total. The Labute approximate surface area is 129 Å². The zero-order valence-corrected chi connectivity index (χ0v) is 13.2. The van der Waals surface area contributed by atoms with Crippen molar-refractivity contribution in [3.8, 4) is 0 Å². The summed E-state index contributed by atoms with van der Waals surface area (Å²) in [5.41, 5.74) is 1.01. The number of aromatic carboxylic acids is 1. The second-order valence-electron chi connectivity index (χ2n) is 4.73. The molecule has 0 saturated heterocycles. The van der Waals surface area contributed by atoms with Crippen molar-refractivity contribution in [1.29, 1.82) is 0 Å². The third kappa shape index (κ3) is 6.53. The number of amides is 2. The van der Waals surface area contributed by atoms with E-state index in [1.54, 1.807) is 36.0 Å². The van der Waals surface area contributed by atoms with Gasteiger partial charge in [0.1, 0.15) is 0 Å². The van der Waals surface area contributed by atoms with Crippen molar-refractivity contribution in [2.24, 2.45) is 0 Å². The van der Waals surface area contributed by atoms with Crippen LogP contribution in [0.25, 0.3) is 0 Å². The molecule has 0 radical (unpaired) electrons. The lowest BCUT2D eigenvalue weighted by Crippen LogP contribution is -2.37. The first kappa shape index (κ1) is 17.4. The summed E-state index contributed by atoms with van der Waals surface area (Å²) in [6.45, 7) is 3.17. The Morgan fingerprint density at radius 2 is 1.90 bits per heavy atom. The van der Waals surface area contributed by atoms with E-state index in [1.165, 1.54) is 0 Å². The number of rotatable bonds is 8. The fourth-order valence-electron chi connectivity index (χ4n) is 1.83. The SMILES string of the molecule is CSC(C)CCNC(=O)NCCc1ccccc1C(=O)O. The molecule has 1 unspecified atom stereocenters. The molecule has 0 fully saturated rings. The van der Waals surface area contributed by atoms with Crippen LogP contribution in [0.3, 0.4) is 0 Å². The lowest BCUT2D eigenvalue weighted by Gasteiger charge is -2.11. The first-order valence-corrected chi connectivity index (χ1v) is 8.19. The van der Waals surface area contributed by atoms with Crippen molar-refractivity contribution in [2.45, 2.75) is 25.0 Å². The molecule has 0 spiro atoms. The van der Waals surface area contributed by atoms with E-state index in [-0.39, 0.29) is 11.6 Å². The van der Waals surface area contributed by atoms with Crippen LogP contribution in [-0.4, -0.2) is 41.7 Å². The van der Waals surface area contributed by atoms with Gasteiger partial charge in [0.15, 0.2) is 0 Å². The van der Waals surface area contributed by atoms with Crippen LogP contribution >= 0.6 is 11.8 Å². The lowest BCUT2D eigenvalue weighted by atomic mass is 10.0. The highest BCUT2D eigenvalue weighted by molar-refractivity contribution is 7.99. The van der Waals surface area contributed by atoms with Crippen LogP contribution < -0.4 is 10.6 Å². The van der Waals surface area contributed by atoms with E-state index in [1.807, 2.05) is 6.26 Å². The van der Waals surface area contributed by atoms with Gasteiger partial charge in [-0.25, -0.2) is 9.59 Å². The number of hydrogen-bond donors (Lipinski definition) is 3. The Bertz CT molecular complexity index is 480. The molecule has 21 heavy (non-hydrogen) atoms. The van der Waals surface area contributed by atoms with E-state index in [2.05, 4.69) is 17.6 Å². The number of carboxylic acids is 1. The first-order chi connectivity index (χ1) is 10.0. The Hall–Kier alpha value is -1.69. The lowest BCUT2D eigenvalue weighted by molar-refractivity contribution is 0.0695. The second kappa shape index (κ2) is 9.28. The number of thioether (sulfide) groups is 1. The van der Waals surface area contributed by atoms with Crippen LogP contribution in [0.2, 0.25) is 0 Å². The smallest absolute Gasteiger partial charge is 0.335 e. The highest BCUT2D eigenvalue weighted by Crippen LogP contribution is 2.09. The maximum absolute atomic E-state index is 11.6. The minimum atomic E-state index is -0.943. The van der Waals surface area contributed by atoms with Gasteiger partial charge in [0.05, 0.1) is 5.56 Å². The fraction of sp³-hybridized carbons (Fsp3) is 0.467. The average Bonchev–Trinajstić information content (AvgIpc) is 2.47. The summed E-state index contributed by atoms with van der Waals surface area (Å²) in [7, 11) is 0. The Balaban J connectivity index is 2.30. The Morgan fingerprint density at radius 1 is 1.24 bits per heavy atom. The maximum atomic E-state index is 11.6. The molecule has 0 heterocycles. The predicted octanol–water partition coefficient (Wildman–Crippen LogP) is 2.37. The molecule has 1 aromatic rings. The summed E-state index contributed by atoms with van der Waals surface area (Å²) in [5.74, 6) is -0.943. The molecule has 5 nitrogen and oxygen atoms in total. The number of benzene rings is 1. The monoisotopic (exact) mass is 310 g/mol. The highest BCUT2D eigenvalue weighted by atomic mass is 32.2. The van der Waals surface area contributed by atoms with Gasteiger partial charge in [-0.2, -0.15) is 11.8 Å². The summed E-state index contributed by atoms with van der Waals surface area (Å²) >= 11 is 1.77. The van der Waals surface area contributed by atoms with Crippen LogP contribution in [0.4, 0.5) is 4.79 Å². The number of hydrogen-bond acceptors (Lipinski definition) is 3. The molecule has 116 valence electrons. The zero-order valence-electron chi connectivity index (χ0n) is 12.4. The van der Waals surface area contributed by atoms with Crippen LogP contribution in [0.5, 0.6) is 0 Å². The van der Waals surface area contributed by atoms with Crippen LogP contribution in [-0.2, 0) is 6.42 Å². The van der Waals surface area contributed by atoms with Crippen LogP contribution in [0.1, 0.15) is 29.3 Å². The molecule has 6 heteroatoms. The van der Waals surface area contributed by atoms with Gasteiger partial charge >= 0.3 is 12.0 Å². The van der Waals surface area contributed by atoms with Gasteiger partial charge < -0.3 is 15.7 Å². The second-order valence-corrected chi connectivity index (χ2v) is 6.01. The summed E-state index contributed by atoms with van der Waals surface area (Å²) < 4.78 is 0. The van der Waals surface area contributed by atoms with E-state index >= 15 is 0 Å². The Morgan fingerprint density at radius 3 is 2.57 bits per heavy atom. The van der Waals surface area contributed by atoms with Crippen molar-refractivity contribution >= 4 is 23.8 Å². The normalized spacial score (nSPS) is 11.7. The third-order valence-corrected chi connectivity index (χ3v) is 4.21. The molecule has 0 bridgehead atoms. The zero-order chi connectivity index (χ0) is 15.7. The molecule has 2 amide bonds. The number of carboxylic acid groups (broad SMARTS) is 1. The molecule has 1 rings (SSSR count). The molecule has 1 atom stereocenters. The van der Waals surface area contributed by atoms with Crippen LogP contribution in [0, 0.1) is 0 Å². The molecular formula is C15H22N2O3S. The standard InChI is InChI=1S/C15H22N2O3S/c1-11(21-2)7-9-16-15(20)17-10-8-12-5-3-4-6-13(12)14(18)19/h3-6,11H,7-10H2,1-2H3,(H,18,19)(H2,16,17,20). The largest absolute Gasteiger partial charge is 0.478 e. The molecule has 0 aromatic heterocycles. The van der Waals surface area contributed by atoms with Crippen molar-refractivity contribution in [3.63, 3.8) is 0 Å². The summed E-state index contributed by atoms with van der Waals surface area (Å²) in [4.78, 5) is 22.6. The van der Waals surface area contributed by atoms with E-state index in [9.17, 15) is 9.59 Å². The topological polar surface area (TPSA) is 78.4 Å². The summed E-state index contributed by atoms with van der Waals surface area (Å²) in [6, 6.07) is 6.62. The van der Waals surface area contributed by atoms with Crippen molar-refractivity contribution in [1.82, 2.24) is 10.6 Å². The van der Waals surface area contributed by atoms with E-state index < -0.39 is 5.97 Å². The van der Waals surface area contributed by atoms with Gasteiger partial charge in [0.25, 0.3) is 0 Å². The fourth-order valence-corrected chi connectivity index (χ4v) is 2.18. The molecule has 0 saturated carbocycles.